The predicted molar refractivity (Wildman–Crippen MR) is 60.4 cm³/mol. The standard InChI is InChI=1S/C12H14N2O3/c15-11(8-3-1-4-8)13-7-9-5-2-6-10(14-9)12(16)17/h2,5-6,8H,1,3-4,7H2,(H,13,15)(H,16,17). The first kappa shape index (κ1) is 11.6. The number of carboxylic acids is 1. The fourth-order valence-electron chi connectivity index (χ4n) is 1.69. The Kier molecular flexibility index (Phi) is 3.37. The molecule has 0 spiro atoms. The molecule has 2 N–H and O–H groups in total. The van der Waals surface area contributed by atoms with Crippen molar-refractivity contribution in [1.82, 2.24) is 10.3 Å². The van der Waals surface area contributed by atoms with Gasteiger partial charge in [-0.15, -0.1) is 0 Å². The first-order valence-corrected chi connectivity index (χ1v) is 5.64. The van der Waals surface area contributed by atoms with Crippen LogP contribution >= 0.6 is 0 Å². The van der Waals surface area contributed by atoms with Gasteiger partial charge in [0.1, 0.15) is 5.69 Å². The van der Waals surface area contributed by atoms with Gasteiger partial charge in [0.05, 0.1) is 12.2 Å². The Morgan fingerprint density at radius 2 is 2.18 bits per heavy atom. The lowest BCUT2D eigenvalue weighted by atomic mass is 9.85. The summed E-state index contributed by atoms with van der Waals surface area (Å²) < 4.78 is 0. The number of aromatic nitrogens is 1. The van der Waals surface area contributed by atoms with Gasteiger partial charge < -0.3 is 10.4 Å². The highest BCUT2D eigenvalue weighted by molar-refractivity contribution is 5.85. The Balaban J connectivity index is 1.91. The van der Waals surface area contributed by atoms with Crippen molar-refractivity contribution in [3.63, 3.8) is 0 Å². The monoisotopic (exact) mass is 234 g/mol. The number of rotatable bonds is 4. The molecule has 2 rings (SSSR count). The van der Waals surface area contributed by atoms with Gasteiger partial charge >= 0.3 is 5.97 Å². The first-order chi connectivity index (χ1) is 8.16. The molecule has 1 aliphatic rings. The number of hydrogen-bond acceptors (Lipinski definition) is 3. The highest BCUT2D eigenvalue weighted by Gasteiger charge is 2.24. The van der Waals surface area contributed by atoms with Crippen molar-refractivity contribution < 1.29 is 14.7 Å². The maximum absolute atomic E-state index is 11.6. The van der Waals surface area contributed by atoms with Crippen LogP contribution in [-0.2, 0) is 11.3 Å². The summed E-state index contributed by atoms with van der Waals surface area (Å²) >= 11 is 0. The molecule has 0 unspecified atom stereocenters. The Hall–Kier alpha value is -1.91. The average Bonchev–Trinajstić information content (AvgIpc) is 2.24. The van der Waals surface area contributed by atoms with Crippen LogP contribution in [0.2, 0.25) is 0 Å². The van der Waals surface area contributed by atoms with Crippen LogP contribution in [0.25, 0.3) is 0 Å². The molecular formula is C12H14N2O3. The van der Waals surface area contributed by atoms with Crippen molar-refractivity contribution in [2.45, 2.75) is 25.8 Å². The topological polar surface area (TPSA) is 79.3 Å². The smallest absolute Gasteiger partial charge is 0.354 e. The zero-order valence-electron chi connectivity index (χ0n) is 9.35. The van der Waals surface area contributed by atoms with Crippen molar-refractivity contribution >= 4 is 11.9 Å². The van der Waals surface area contributed by atoms with E-state index in [1.165, 1.54) is 6.07 Å². The lowest BCUT2D eigenvalue weighted by molar-refractivity contribution is -0.127. The number of carboxylic acid groups (broad SMARTS) is 1. The van der Waals surface area contributed by atoms with Crippen LogP contribution in [0.4, 0.5) is 0 Å². The molecule has 1 amide bonds. The number of hydrogen-bond donors (Lipinski definition) is 2. The number of aromatic carboxylic acids is 1. The molecule has 17 heavy (non-hydrogen) atoms. The van der Waals surface area contributed by atoms with Gasteiger partial charge in [-0.1, -0.05) is 12.5 Å². The molecule has 0 radical (unpaired) electrons. The minimum atomic E-state index is -1.06. The van der Waals surface area contributed by atoms with E-state index >= 15 is 0 Å². The largest absolute Gasteiger partial charge is 0.477 e. The molecular weight excluding hydrogens is 220 g/mol. The number of carbonyl (C=O) groups is 2. The summed E-state index contributed by atoms with van der Waals surface area (Å²) in [5.74, 6) is -0.881. The average molecular weight is 234 g/mol. The summed E-state index contributed by atoms with van der Waals surface area (Å²) in [5.41, 5.74) is 0.568. The summed E-state index contributed by atoms with van der Waals surface area (Å²) in [6, 6.07) is 4.76. The number of carbonyl (C=O) groups excluding carboxylic acids is 1. The van der Waals surface area contributed by atoms with Crippen LogP contribution in [0.15, 0.2) is 18.2 Å². The van der Waals surface area contributed by atoms with E-state index in [1.807, 2.05) is 0 Å². The van der Waals surface area contributed by atoms with E-state index in [2.05, 4.69) is 10.3 Å². The molecule has 1 fully saturated rings. The first-order valence-electron chi connectivity index (χ1n) is 5.64. The van der Waals surface area contributed by atoms with Crippen LogP contribution in [0, 0.1) is 5.92 Å². The Morgan fingerprint density at radius 3 is 2.76 bits per heavy atom. The maximum atomic E-state index is 11.6. The SMILES string of the molecule is O=C(O)c1cccc(CNC(=O)C2CCC2)n1. The molecule has 1 aliphatic carbocycles. The minimum absolute atomic E-state index is 0.000364. The van der Waals surface area contributed by atoms with Crippen molar-refractivity contribution in [3.8, 4) is 0 Å². The van der Waals surface area contributed by atoms with Gasteiger partial charge in [-0.3, -0.25) is 4.79 Å². The van der Waals surface area contributed by atoms with Gasteiger partial charge in [-0.25, -0.2) is 9.78 Å². The van der Waals surface area contributed by atoms with Crippen LogP contribution in [0.3, 0.4) is 0 Å². The van der Waals surface area contributed by atoms with E-state index in [-0.39, 0.29) is 24.1 Å². The zero-order valence-corrected chi connectivity index (χ0v) is 9.35. The second-order valence-electron chi connectivity index (χ2n) is 4.16. The zero-order chi connectivity index (χ0) is 12.3. The van der Waals surface area contributed by atoms with Gasteiger partial charge in [0.15, 0.2) is 0 Å². The second kappa shape index (κ2) is 4.95. The highest BCUT2D eigenvalue weighted by Crippen LogP contribution is 2.26. The summed E-state index contributed by atoms with van der Waals surface area (Å²) in [7, 11) is 0. The molecule has 0 atom stereocenters. The third-order valence-electron chi connectivity index (χ3n) is 2.95. The second-order valence-corrected chi connectivity index (χ2v) is 4.16. The molecule has 5 heteroatoms. The Morgan fingerprint density at radius 1 is 1.41 bits per heavy atom. The molecule has 90 valence electrons. The Labute approximate surface area is 98.9 Å². The molecule has 5 nitrogen and oxygen atoms in total. The number of nitrogens with one attached hydrogen (secondary N) is 1. The fourth-order valence-corrected chi connectivity index (χ4v) is 1.69. The minimum Gasteiger partial charge on any atom is -0.477 e. The Bertz CT molecular complexity index is 441. The van der Waals surface area contributed by atoms with Crippen molar-refractivity contribution in [1.29, 1.82) is 0 Å². The lowest BCUT2D eigenvalue weighted by Gasteiger charge is -2.23. The van der Waals surface area contributed by atoms with E-state index in [1.54, 1.807) is 12.1 Å². The van der Waals surface area contributed by atoms with Crippen molar-refractivity contribution in [2.75, 3.05) is 0 Å². The predicted octanol–water partition coefficient (Wildman–Crippen LogP) is 1.20. The summed E-state index contributed by atoms with van der Waals surface area (Å²) in [6.45, 7) is 0.288. The van der Waals surface area contributed by atoms with Gasteiger partial charge in [0.25, 0.3) is 0 Å². The van der Waals surface area contributed by atoms with Crippen LogP contribution in [0.5, 0.6) is 0 Å². The third-order valence-corrected chi connectivity index (χ3v) is 2.95. The van der Waals surface area contributed by atoms with Gasteiger partial charge in [-0.05, 0) is 25.0 Å². The molecule has 0 bridgehead atoms. The van der Waals surface area contributed by atoms with Crippen molar-refractivity contribution in [2.24, 2.45) is 5.92 Å². The van der Waals surface area contributed by atoms with Crippen LogP contribution in [-0.4, -0.2) is 22.0 Å². The molecule has 0 aliphatic heterocycles. The lowest BCUT2D eigenvalue weighted by Crippen LogP contribution is -2.34. The van der Waals surface area contributed by atoms with Gasteiger partial charge in [-0.2, -0.15) is 0 Å². The van der Waals surface area contributed by atoms with E-state index in [0.29, 0.717) is 5.69 Å². The van der Waals surface area contributed by atoms with E-state index in [0.717, 1.165) is 19.3 Å². The molecule has 1 heterocycles. The van der Waals surface area contributed by atoms with Crippen LogP contribution < -0.4 is 5.32 Å². The van der Waals surface area contributed by atoms with Gasteiger partial charge in [0.2, 0.25) is 5.91 Å². The highest BCUT2D eigenvalue weighted by atomic mass is 16.4. The number of pyridine rings is 1. The summed E-state index contributed by atoms with van der Waals surface area (Å²) in [4.78, 5) is 26.2. The van der Waals surface area contributed by atoms with Crippen LogP contribution in [0.1, 0.15) is 35.4 Å². The van der Waals surface area contributed by atoms with E-state index in [4.69, 9.17) is 5.11 Å². The van der Waals surface area contributed by atoms with E-state index in [9.17, 15) is 9.59 Å². The number of amides is 1. The number of nitrogens with zero attached hydrogens (tertiary/aromatic N) is 1. The molecule has 0 saturated heterocycles. The molecule has 1 aromatic heterocycles. The van der Waals surface area contributed by atoms with Gasteiger partial charge in [0, 0.05) is 5.92 Å². The summed E-state index contributed by atoms with van der Waals surface area (Å²) in [6.07, 6.45) is 3.02. The van der Waals surface area contributed by atoms with Crippen molar-refractivity contribution in [3.05, 3.63) is 29.6 Å². The molecule has 1 aromatic rings. The normalized spacial score (nSPS) is 15.1. The molecule has 0 aromatic carbocycles. The summed E-state index contributed by atoms with van der Waals surface area (Å²) in [5, 5.41) is 11.5. The fraction of sp³-hybridized carbons (Fsp3) is 0.417. The third kappa shape index (κ3) is 2.81. The quantitative estimate of drug-likeness (QED) is 0.820. The molecule has 1 saturated carbocycles. The van der Waals surface area contributed by atoms with E-state index < -0.39 is 5.97 Å². The maximum Gasteiger partial charge on any atom is 0.354 e.